The molecule has 130 valence electrons. The zero-order valence-corrected chi connectivity index (χ0v) is 14.5. The SMILES string of the molecule is CCCC(N)=C(Cl)C(=N)C(=O)Cc1ccc(C2CNCCO2)nc1. The van der Waals surface area contributed by atoms with Crippen molar-refractivity contribution in [3.05, 3.63) is 40.3 Å². The highest BCUT2D eigenvalue weighted by atomic mass is 35.5. The highest BCUT2D eigenvalue weighted by molar-refractivity contribution is 6.59. The summed E-state index contributed by atoms with van der Waals surface area (Å²) >= 11 is 6.02. The summed E-state index contributed by atoms with van der Waals surface area (Å²) in [5, 5.41) is 11.2. The van der Waals surface area contributed by atoms with Crippen molar-refractivity contribution in [3.8, 4) is 0 Å². The molecule has 0 saturated carbocycles. The molecule has 1 aliphatic heterocycles. The van der Waals surface area contributed by atoms with Gasteiger partial charge in [-0.25, -0.2) is 0 Å². The Balaban J connectivity index is 1.99. The normalized spacial score (nSPS) is 18.8. The molecular weight excluding hydrogens is 328 g/mol. The van der Waals surface area contributed by atoms with E-state index in [1.165, 1.54) is 0 Å². The molecule has 0 aliphatic carbocycles. The van der Waals surface area contributed by atoms with Crippen molar-refractivity contribution in [2.24, 2.45) is 5.73 Å². The molecule has 0 spiro atoms. The number of nitrogens with zero attached hydrogens (tertiary/aromatic N) is 1. The van der Waals surface area contributed by atoms with Crippen LogP contribution in [0, 0.1) is 5.41 Å². The lowest BCUT2D eigenvalue weighted by Crippen LogP contribution is -2.33. The molecule has 1 saturated heterocycles. The van der Waals surface area contributed by atoms with E-state index in [9.17, 15) is 4.79 Å². The number of halogens is 1. The summed E-state index contributed by atoms with van der Waals surface area (Å²) in [6, 6.07) is 3.69. The topological polar surface area (TPSA) is 101 Å². The second-order valence-corrected chi connectivity index (χ2v) is 6.10. The molecule has 6 nitrogen and oxygen atoms in total. The molecule has 1 aromatic heterocycles. The van der Waals surface area contributed by atoms with E-state index in [4.69, 9.17) is 27.5 Å². The third-order valence-electron chi connectivity index (χ3n) is 3.77. The minimum atomic E-state index is -0.371. The van der Waals surface area contributed by atoms with Crippen LogP contribution in [0.4, 0.5) is 0 Å². The number of carbonyl (C=O) groups is 1. The van der Waals surface area contributed by atoms with Gasteiger partial charge in [0.1, 0.15) is 11.8 Å². The summed E-state index contributed by atoms with van der Waals surface area (Å²) in [6.45, 7) is 4.20. The molecular formula is C17H23ClN4O2. The standard InChI is InChI=1S/C17H23ClN4O2/c1-2-3-12(19)16(18)17(20)14(23)8-11-4-5-13(22-9-11)15-10-21-6-7-24-15/h4-5,9,15,20-21H,2-3,6-8,10,19H2,1H3. The van der Waals surface area contributed by atoms with Crippen LogP contribution in [-0.4, -0.2) is 36.2 Å². The van der Waals surface area contributed by atoms with Gasteiger partial charge in [0.25, 0.3) is 0 Å². The maximum atomic E-state index is 12.2. The molecule has 2 heterocycles. The smallest absolute Gasteiger partial charge is 0.186 e. The zero-order chi connectivity index (χ0) is 17.5. The van der Waals surface area contributed by atoms with E-state index in [-0.39, 0.29) is 29.1 Å². The largest absolute Gasteiger partial charge is 0.401 e. The van der Waals surface area contributed by atoms with E-state index < -0.39 is 0 Å². The van der Waals surface area contributed by atoms with Gasteiger partial charge in [-0.15, -0.1) is 0 Å². The Hall–Kier alpha value is -1.76. The van der Waals surface area contributed by atoms with Gasteiger partial charge < -0.3 is 15.8 Å². The van der Waals surface area contributed by atoms with Gasteiger partial charge in [0.2, 0.25) is 0 Å². The number of nitrogens with one attached hydrogen (secondary N) is 2. The first kappa shape index (κ1) is 18.6. The number of morpholine rings is 1. The maximum Gasteiger partial charge on any atom is 0.186 e. The lowest BCUT2D eigenvalue weighted by Gasteiger charge is -2.23. The summed E-state index contributed by atoms with van der Waals surface area (Å²) in [5.74, 6) is -0.371. The molecule has 2 rings (SSSR count). The van der Waals surface area contributed by atoms with Crippen LogP contribution in [-0.2, 0) is 16.0 Å². The summed E-state index contributed by atoms with van der Waals surface area (Å²) in [4.78, 5) is 16.6. The van der Waals surface area contributed by atoms with E-state index in [2.05, 4.69) is 10.3 Å². The summed E-state index contributed by atoms with van der Waals surface area (Å²) in [6.07, 6.45) is 3.04. The Morgan fingerprint density at radius 1 is 1.54 bits per heavy atom. The molecule has 0 aromatic carbocycles. The molecule has 1 unspecified atom stereocenters. The van der Waals surface area contributed by atoms with E-state index in [1.54, 1.807) is 6.20 Å². The Labute approximate surface area is 146 Å². The van der Waals surface area contributed by atoms with Gasteiger partial charge in [-0.2, -0.15) is 0 Å². The third-order valence-corrected chi connectivity index (χ3v) is 4.20. The van der Waals surface area contributed by atoms with Crippen molar-refractivity contribution in [2.75, 3.05) is 19.7 Å². The molecule has 1 aromatic rings. The lowest BCUT2D eigenvalue weighted by molar-refractivity contribution is -0.112. The first-order valence-corrected chi connectivity index (χ1v) is 8.44. The quantitative estimate of drug-likeness (QED) is 0.653. The highest BCUT2D eigenvalue weighted by Gasteiger charge is 2.19. The fourth-order valence-electron chi connectivity index (χ4n) is 2.42. The average molecular weight is 351 g/mol. The third kappa shape index (κ3) is 4.87. The van der Waals surface area contributed by atoms with Crippen LogP contribution in [0.1, 0.15) is 37.1 Å². The Morgan fingerprint density at radius 3 is 2.92 bits per heavy atom. The first-order chi connectivity index (χ1) is 11.5. The average Bonchev–Trinajstić information content (AvgIpc) is 2.62. The van der Waals surface area contributed by atoms with Gasteiger partial charge in [-0.1, -0.05) is 31.0 Å². The Bertz CT molecular complexity index is 622. The Kier molecular flexibility index (Phi) is 6.90. The number of aromatic nitrogens is 1. The molecule has 1 fully saturated rings. The molecule has 0 radical (unpaired) electrons. The number of pyridine rings is 1. The van der Waals surface area contributed by atoms with Gasteiger partial charge in [0.05, 0.1) is 17.3 Å². The minimum absolute atomic E-state index is 0.0492. The summed E-state index contributed by atoms with van der Waals surface area (Å²) in [7, 11) is 0. The maximum absolute atomic E-state index is 12.2. The van der Waals surface area contributed by atoms with E-state index >= 15 is 0 Å². The fourth-order valence-corrected chi connectivity index (χ4v) is 2.62. The Morgan fingerprint density at radius 2 is 2.33 bits per heavy atom. The highest BCUT2D eigenvalue weighted by Crippen LogP contribution is 2.17. The molecule has 0 amide bonds. The molecule has 1 aliphatic rings. The number of nitrogens with two attached hydrogens (primary N) is 1. The van der Waals surface area contributed by atoms with Gasteiger partial charge >= 0.3 is 0 Å². The van der Waals surface area contributed by atoms with E-state index in [1.807, 2.05) is 19.1 Å². The van der Waals surface area contributed by atoms with Gasteiger partial charge in [0.15, 0.2) is 5.78 Å². The predicted octanol–water partition coefficient (Wildman–Crippen LogP) is 2.08. The van der Waals surface area contributed by atoms with Crippen LogP contribution in [0.25, 0.3) is 0 Å². The monoisotopic (exact) mass is 350 g/mol. The number of hydrogen-bond donors (Lipinski definition) is 3. The lowest BCUT2D eigenvalue weighted by atomic mass is 10.0. The fraction of sp³-hybridized carbons (Fsp3) is 0.471. The van der Waals surface area contributed by atoms with Crippen molar-refractivity contribution < 1.29 is 9.53 Å². The van der Waals surface area contributed by atoms with Crippen molar-refractivity contribution in [1.29, 1.82) is 5.41 Å². The van der Waals surface area contributed by atoms with Crippen molar-refractivity contribution >= 4 is 23.1 Å². The number of allylic oxidation sites excluding steroid dienone is 2. The molecule has 0 bridgehead atoms. The van der Waals surface area contributed by atoms with Crippen LogP contribution >= 0.6 is 11.6 Å². The molecule has 24 heavy (non-hydrogen) atoms. The predicted molar refractivity (Wildman–Crippen MR) is 94.2 cm³/mol. The van der Waals surface area contributed by atoms with Crippen LogP contribution < -0.4 is 11.1 Å². The van der Waals surface area contributed by atoms with Crippen LogP contribution in [0.15, 0.2) is 29.1 Å². The number of ketones is 1. The zero-order valence-electron chi connectivity index (χ0n) is 13.8. The molecule has 1 atom stereocenters. The van der Waals surface area contributed by atoms with Crippen LogP contribution in [0.3, 0.4) is 0 Å². The number of Topliss-reactive ketones (excluding diaryl/α,β-unsaturated/α-hetero) is 1. The van der Waals surface area contributed by atoms with Gasteiger partial charge in [0, 0.05) is 31.4 Å². The van der Waals surface area contributed by atoms with Crippen molar-refractivity contribution in [1.82, 2.24) is 10.3 Å². The first-order valence-electron chi connectivity index (χ1n) is 8.06. The van der Waals surface area contributed by atoms with Crippen molar-refractivity contribution in [2.45, 2.75) is 32.3 Å². The van der Waals surface area contributed by atoms with E-state index in [0.29, 0.717) is 18.7 Å². The van der Waals surface area contributed by atoms with Gasteiger partial charge in [-0.3, -0.25) is 15.2 Å². The molecule has 7 heteroatoms. The minimum Gasteiger partial charge on any atom is -0.401 e. The molecule has 4 N–H and O–H groups in total. The second-order valence-electron chi connectivity index (χ2n) is 5.72. The van der Waals surface area contributed by atoms with E-state index in [0.717, 1.165) is 30.8 Å². The van der Waals surface area contributed by atoms with Crippen LogP contribution in [0.2, 0.25) is 0 Å². The van der Waals surface area contributed by atoms with Crippen molar-refractivity contribution in [3.63, 3.8) is 0 Å². The summed E-state index contributed by atoms with van der Waals surface area (Å²) < 4.78 is 5.64. The number of hydrogen-bond acceptors (Lipinski definition) is 6. The van der Waals surface area contributed by atoms with Crippen LogP contribution in [0.5, 0.6) is 0 Å². The number of ether oxygens (including phenoxy) is 1. The number of carbonyl (C=O) groups excluding carboxylic acids is 1. The second kappa shape index (κ2) is 8.92. The number of rotatable bonds is 7. The van der Waals surface area contributed by atoms with Gasteiger partial charge in [-0.05, 0) is 18.1 Å². The summed E-state index contributed by atoms with van der Waals surface area (Å²) in [5.41, 5.74) is 7.49.